The third-order valence-corrected chi connectivity index (χ3v) is 9.56. The second-order valence-electron chi connectivity index (χ2n) is 10.9. The number of rotatable bonds is 5. The lowest BCUT2D eigenvalue weighted by Gasteiger charge is -2.37. The number of amides is 2. The number of aromatic nitrogens is 1. The third-order valence-electron chi connectivity index (χ3n) is 8.20. The highest BCUT2D eigenvalue weighted by Crippen LogP contribution is 2.47. The molecule has 3 fully saturated rings. The number of carbonyl (C=O) groups is 2. The molecule has 0 unspecified atom stereocenters. The molecule has 0 radical (unpaired) electrons. The number of hydrogen-bond donors (Lipinski definition) is 1. The van der Waals surface area contributed by atoms with E-state index in [4.69, 9.17) is 16.3 Å². The molecule has 2 amide bonds. The zero-order valence-electron chi connectivity index (χ0n) is 21.1. The molecule has 1 saturated carbocycles. The number of carbonyl (C=O) groups excluding carboxylic acids is 2. The van der Waals surface area contributed by atoms with Crippen molar-refractivity contribution in [3.63, 3.8) is 0 Å². The highest BCUT2D eigenvalue weighted by molar-refractivity contribution is 7.19. The lowest BCUT2D eigenvalue weighted by molar-refractivity contribution is -0.154. The summed E-state index contributed by atoms with van der Waals surface area (Å²) in [4.78, 5) is 33.1. The van der Waals surface area contributed by atoms with Crippen molar-refractivity contribution >= 4 is 45.0 Å². The Labute approximate surface area is 226 Å². The van der Waals surface area contributed by atoms with Gasteiger partial charge in [0.25, 0.3) is 0 Å². The van der Waals surface area contributed by atoms with Crippen LogP contribution in [0.1, 0.15) is 61.8 Å². The summed E-state index contributed by atoms with van der Waals surface area (Å²) in [6, 6.07) is 7.93. The van der Waals surface area contributed by atoms with Crippen molar-refractivity contribution in [2.24, 2.45) is 5.41 Å². The van der Waals surface area contributed by atoms with Gasteiger partial charge in [-0.15, -0.1) is 11.3 Å². The number of piperidine rings is 2. The van der Waals surface area contributed by atoms with E-state index in [1.165, 1.54) is 4.90 Å². The van der Waals surface area contributed by atoms with E-state index in [0.717, 1.165) is 89.1 Å². The maximum Gasteiger partial charge on any atom is 0.230 e. The maximum atomic E-state index is 13.0. The fourth-order valence-corrected chi connectivity index (χ4v) is 7.69. The van der Waals surface area contributed by atoms with Crippen LogP contribution in [0.2, 0.25) is 5.02 Å². The van der Waals surface area contributed by atoms with Gasteiger partial charge in [-0.25, -0.2) is 0 Å². The number of nitrogens with one attached hydrogen (secondary N) is 1. The van der Waals surface area contributed by atoms with Crippen LogP contribution in [-0.4, -0.2) is 40.9 Å². The number of aryl methyl sites for hydroxylation is 1. The molecular weight excluding hydrogens is 506 g/mol. The van der Waals surface area contributed by atoms with E-state index < -0.39 is 0 Å². The van der Waals surface area contributed by atoms with E-state index in [2.05, 4.69) is 10.3 Å². The van der Waals surface area contributed by atoms with Gasteiger partial charge < -0.3 is 10.1 Å². The summed E-state index contributed by atoms with van der Waals surface area (Å²) in [5, 5.41) is 4.06. The van der Waals surface area contributed by atoms with E-state index in [0.29, 0.717) is 24.4 Å². The molecule has 0 bridgehead atoms. The van der Waals surface area contributed by atoms with Crippen LogP contribution >= 0.6 is 22.9 Å². The molecule has 2 aliphatic heterocycles. The number of imide groups is 1. The molecule has 4 heterocycles. The minimum atomic E-state index is -0.0885. The lowest BCUT2D eigenvalue weighted by Crippen LogP contribution is -2.46. The molecule has 6 rings (SSSR count). The zero-order chi connectivity index (χ0) is 25.6. The van der Waals surface area contributed by atoms with Gasteiger partial charge in [-0.1, -0.05) is 24.4 Å². The van der Waals surface area contributed by atoms with E-state index in [9.17, 15) is 9.59 Å². The van der Waals surface area contributed by atoms with Gasteiger partial charge in [0, 0.05) is 40.1 Å². The van der Waals surface area contributed by atoms with Crippen LogP contribution in [0.15, 0.2) is 30.5 Å². The Kier molecular flexibility index (Phi) is 6.72. The monoisotopic (exact) mass is 537 g/mol. The number of ether oxygens (including phenoxy) is 1. The van der Waals surface area contributed by atoms with Gasteiger partial charge in [-0.05, 0) is 80.9 Å². The number of thiophene rings is 1. The number of pyridine rings is 1. The first-order valence-electron chi connectivity index (χ1n) is 13.3. The van der Waals surface area contributed by atoms with Crippen molar-refractivity contribution in [3.8, 4) is 16.9 Å². The largest absolute Gasteiger partial charge is 0.489 e. The summed E-state index contributed by atoms with van der Waals surface area (Å²) < 4.78 is 7.58. The first-order valence-corrected chi connectivity index (χ1v) is 14.5. The van der Waals surface area contributed by atoms with Gasteiger partial charge in [0.1, 0.15) is 11.9 Å². The van der Waals surface area contributed by atoms with Crippen LogP contribution in [0.3, 0.4) is 0 Å². The Morgan fingerprint density at radius 1 is 1.11 bits per heavy atom. The van der Waals surface area contributed by atoms with Gasteiger partial charge in [-0.2, -0.15) is 0 Å². The van der Waals surface area contributed by atoms with Crippen molar-refractivity contribution in [3.05, 3.63) is 45.9 Å². The average molecular weight is 538 g/mol. The molecule has 2 saturated heterocycles. The summed E-state index contributed by atoms with van der Waals surface area (Å²) in [6.45, 7) is 4.25. The number of fused-ring (bicyclic) bond motifs is 1. The van der Waals surface area contributed by atoms with Crippen molar-refractivity contribution in [1.82, 2.24) is 15.2 Å². The summed E-state index contributed by atoms with van der Waals surface area (Å²) in [5.74, 6) is 0.792. The Morgan fingerprint density at radius 2 is 1.84 bits per heavy atom. The van der Waals surface area contributed by atoms with Gasteiger partial charge in [-0.3, -0.25) is 19.5 Å². The molecule has 3 aromatic rings. The fraction of sp³-hybridized carbons (Fsp3) is 0.483. The quantitative estimate of drug-likeness (QED) is 0.389. The second-order valence-corrected chi connectivity index (χ2v) is 12.5. The molecule has 6 nitrogen and oxygen atoms in total. The SMILES string of the molecule is Cc1cc(Cl)cc(-c2ccnc3cc(CN4C(=O)CC5(CCCC5)CC4=O)sc23)c1OC1CCNCC1. The third kappa shape index (κ3) is 4.89. The highest BCUT2D eigenvalue weighted by Gasteiger charge is 2.45. The van der Waals surface area contributed by atoms with Gasteiger partial charge in [0.2, 0.25) is 11.8 Å². The summed E-state index contributed by atoms with van der Waals surface area (Å²) in [7, 11) is 0. The van der Waals surface area contributed by atoms with Gasteiger partial charge in [0.05, 0.1) is 16.8 Å². The van der Waals surface area contributed by atoms with Crippen molar-refractivity contribution in [2.75, 3.05) is 13.1 Å². The topological polar surface area (TPSA) is 71.5 Å². The normalized spacial score (nSPS) is 20.3. The van der Waals surface area contributed by atoms with Crippen LogP contribution in [0.25, 0.3) is 21.3 Å². The van der Waals surface area contributed by atoms with Gasteiger partial charge >= 0.3 is 0 Å². The van der Waals surface area contributed by atoms with Crippen LogP contribution in [-0.2, 0) is 16.1 Å². The van der Waals surface area contributed by atoms with Crippen molar-refractivity contribution in [2.45, 2.75) is 70.9 Å². The molecule has 8 heteroatoms. The number of benzene rings is 1. The molecule has 1 spiro atoms. The zero-order valence-corrected chi connectivity index (χ0v) is 22.7. The highest BCUT2D eigenvalue weighted by atomic mass is 35.5. The molecule has 1 aliphatic carbocycles. The van der Waals surface area contributed by atoms with Crippen LogP contribution in [0, 0.1) is 12.3 Å². The van der Waals surface area contributed by atoms with Crippen LogP contribution in [0.5, 0.6) is 5.75 Å². The Bertz CT molecular complexity index is 1340. The molecular formula is C29H32ClN3O3S. The Hall–Kier alpha value is -2.48. The van der Waals surface area contributed by atoms with Crippen LogP contribution < -0.4 is 10.1 Å². The molecule has 0 atom stereocenters. The standard InChI is InChI=1S/C29H32ClN3O3S/c1-18-12-19(30)13-23(27(18)36-20-4-9-31-10-5-20)22-6-11-32-24-14-21(37-28(22)24)17-33-25(34)15-29(16-26(33)35)7-2-3-8-29/h6,11-14,20,31H,2-5,7-10,15-17H2,1H3. The molecule has 37 heavy (non-hydrogen) atoms. The van der Waals surface area contributed by atoms with E-state index in [1.807, 2.05) is 31.2 Å². The smallest absolute Gasteiger partial charge is 0.230 e. The van der Waals surface area contributed by atoms with Gasteiger partial charge in [0.15, 0.2) is 0 Å². The first-order chi connectivity index (χ1) is 17.9. The van der Waals surface area contributed by atoms with Crippen LogP contribution in [0.4, 0.5) is 0 Å². The Morgan fingerprint density at radius 3 is 2.57 bits per heavy atom. The minimum absolute atomic E-state index is 0.0353. The summed E-state index contributed by atoms with van der Waals surface area (Å²) in [6.07, 6.45) is 9.12. The average Bonchev–Trinajstić information content (AvgIpc) is 3.50. The maximum absolute atomic E-state index is 13.0. The predicted octanol–water partition coefficient (Wildman–Crippen LogP) is 6.27. The van der Waals surface area contributed by atoms with E-state index >= 15 is 0 Å². The summed E-state index contributed by atoms with van der Waals surface area (Å²) >= 11 is 8.11. The number of hydrogen-bond acceptors (Lipinski definition) is 6. The molecule has 1 N–H and O–H groups in total. The lowest BCUT2D eigenvalue weighted by atomic mass is 9.76. The number of likely N-dealkylation sites (tertiary alicyclic amines) is 1. The number of halogens is 1. The Balaban J connectivity index is 1.32. The fourth-order valence-electron chi connectivity index (χ4n) is 6.29. The molecule has 3 aliphatic rings. The van der Waals surface area contributed by atoms with Crippen molar-refractivity contribution < 1.29 is 14.3 Å². The molecule has 2 aromatic heterocycles. The van der Waals surface area contributed by atoms with E-state index in [1.54, 1.807) is 17.5 Å². The minimum Gasteiger partial charge on any atom is -0.489 e. The summed E-state index contributed by atoms with van der Waals surface area (Å²) in [5.41, 5.74) is 3.74. The second kappa shape index (κ2) is 10.0. The molecule has 1 aromatic carbocycles. The van der Waals surface area contributed by atoms with E-state index in [-0.39, 0.29) is 23.3 Å². The first kappa shape index (κ1) is 24.8. The molecule has 194 valence electrons. The predicted molar refractivity (Wildman–Crippen MR) is 147 cm³/mol. The number of nitrogens with zero attached hydrogens (tertiary/aromatic N) is 2. The van der Waals surface area contributed by atoms with Crippen molar-refractivity contribution in [1.29, 1.82) is 0 Å².